The fourth-order valence-corrected chi connectivity index (χ4v) is 2.05. The van der Waals surface area contributed by atoms with Gasteiger partial charge in [-0.3, -0.25) is 4.79 Å². The zero-order chi connectivity index (χ0) is 14.8. The van der Waals surface area contributed by atoms with E-state index in [1.807, 2.05) is 18.2 Å². The average molecular weight is 280 g/mol. The molecule has 3 rings (SSSR count). The standard InChI is InChI=1S/C16H12N2O3/c19-13-7-5-12(15(20)9-13)10-17-18-14-4-2-1-3-11(14)6-8-16(18)21/h1-10,19-20H. The van der Waals surface area contributed by atoms with Gasteiger partial charge in [0.25, 0.3) is 5.56 Å². The fraction of sp³-hybridized carbons (Fsp3) is 0. The molecule has 0 fully saturated rings. The maximum Gasteiger partial charge on any atom is 0.271 e. The van der Waals surface area contributed by atoms with Gasteiger partial charge in [0.05, 0.1) is 11.7 Å². The first-order chi connectivity index (χ1) is 10.1. The second-order valence-electron chi connectivity index (χ2n) is 4.53. The Hall–Kier alpha value is -3.08. The lowest BCUT2D eigenvalue weighted by Crippen LogP contribution is -2.15. The van der Waals surface area contributed by atoms with Crippen LogP contribution in [0.5, 0.6) is 11.5 Å². The molecular weight excluding hydrogens is 268 g/mol. The first-order valence-electron chi connectivity index (χ1n) is 6.32. The number of hydrogen-bond donors (Lipinski definition) is 2. The summed E-state index contributed by atoms with van der Waals surface area (Å²) in [6.45, 7) is 0. The highest BCUT2D eigenvalue weighted by Gasteiger charge is 2.02. The zero-order valence-corrected chi connectivity index (χ0v) is 11.0. The lowest BCUT2D eigenvalue weighted by atomic mass is 10.2. The van der Waals surface area contributed by atoms with E-state index in [4.69, 9.17) is 0 Å². The van der Waals surface area contributed by atoms with E-state index >= 15 is 0 Å². The van der Waals surface area contributed by atoms with Crippen LogP contribution in [-0.4, -0.2) is 21.1 Å². The Kier molecular flexibility index (Phi) is 3.16. The number of pyridine rings is 1. The van der Waals surface area contributed by atoms with Crippen molar-refractivity contribution in [2.24, 2.45) is 5.10 Å². The van der Waals surface area contributed by atoms with Crippen molar-refractivity contribution >= 4 is 17.1 Å². The third-order valence-electron chi connectivity index (χ3n) is 3.11. The smallest absolute Gasteiger partial charge is 0.271 e. The molecule has 0 bridgehead atoms. The number of benzene rings is 2. The van der Waals surface area contributed by atoms with Gasteiger partial charge in [-0.05, 0) is 24.3 Å². The van der Waals surface area contributed by atoms with E-state index in [0.717, 1.165) is 5.39 Å². The highest BCUT2D eigenvalue weighted by atomic mass is 16.3. The van der Waals surface area contributed by atoms with Crippen molar-refractivity contribution in [3.8, 4) is 11.5 Å². The molecule has 0 amide bonds. The molecule has 1 heterocycles. The molecule has 0 aliphatic rings. The molecule has 104 valence electrons. The van der Waals surface area contributed by atoms with Crippen molar-refractivity contribution in [1.82, 2.24) is 4.68 Å². The number of hydrogen-bond acceptors (Lipinski definition) is 4. The molecule has 2 aromatic carbocycles. The molecule has 5 heteroatoms. The number of aromatic nitrogens is 1. The second-order valence-corrected chi connectivity index (χ2v) is 4.53. The Morgan fingerprint density at radius 1 is 1.00 bits per heavy atom. The largest absolute Gasteiger partial charge is 0.508 e. The second kappa shape index (κ2) is 5.13. The summed E-state index contributed by atoms with van der Waals surface area (Å²) < 4.78 is 1.27. The highest BCUT2D eigenvalue weighted by molar-refractivity contribution is 5.85. The normalized spacial score (nSPS) is 11.2. The first-order valence-corrected chi connectivity index (χ1v) is 6.32. The van der Waals surface area contributed by atoms with Crippen molar-refractivity contribution in [3.63, 3.8) is 0 Å². The van der Waals surface area contributed by atoms with Crippen LogP contribution in [0.1, 0.15) is 5.56 Å². The average Bonchev–Trinajstić information content (AvgIpc) is 2.48. The van der Waals surface area contributed by atoms with Crippen LogP contribution >= 0.6 is 0 Å². The zero-order valence-electron chi connectivity index (χ0n) is 11.0. The molecule has 1 aromatic heterocycles. The quantitative estimate of drug-likeness (QED) is 0.707. The third-order valence-corrected chi connectivity index (χ3v) is 3.11. The molecule has 0 spiro atoms. The summed E-state index contributed by atoms with van der Waals surface area (Å²) in [5, 5.41) is 24.0. The molecule has 5 nitrogen and oxygen atoms in total. The molecular formula is C16H12N2O3. The molecule has 0 radical (unpaired) electrons. The monoisotopic (exact) mass is 280 g/mol. The summed E-state index contributed by atoms with van der Waals surface area (Å²) in [7, 11) is 0. The van der Waals surface area contributed by atoms with E-state index in [0.29, 0.717) is 11.1 Å². The molecule has 0 unspecified atom stereocenters. The van der Waals surface area contributed by atoms with Crippen LogP contribution in [0, 0.1) is 0 Å². The number of fused-ring (bicyclic) bond motifs is 1. The summed E-state index contributed by atoms with van der Waals surface area (Å²) in [4.78, 5) is 11.9. The number of phenols is 2. The van der Waals surface area contributed by atoms with Crippen LogP contribution in [0.3, 0.4) is 0 Å². The number of nitrogens with zero attached hydrogens (tertiary/aromatic N) is 2. The van der Waals surface area contributed by atoms with Gasteiger partial charge in [0.2, 0.25) is 0 Å². The van der Waals surface area contributed by atoms with Gasteiger partial charge < -0.3 is 10.2 Å². The van der Waals surface area contributed by atoms with Gasteiger partial charge in [-0.15, -0.1) is 0 Å². The fourth-order valence-electron chi connectivity index (χ4n) is 2.05. The van der Waals surface area contributed by atoms with E-state index in [1.165, 1.54) is 35.2 Å². The van der Waals surface area contributed by atoms with Crippen LogP contribution < -0.4 is 5.56 Å². The summed E-state index contributed by atoms with van der Waals surface area (Å²) >= 11 is 0. The first kappa shape index (κ1) is 12.9. The Bertz CT molecular complexity index is 897. The molecule has 3 aromatic rings. The van der Waals surface area contributed by atoms with E-state index < -0.39 is 0 Å². The number of rotatable bonds is 2. The van der Waals surface area contributed by atoms with Gasteiger partial charge in [-0.2, -0.15) is 9.78 Å². The summed E-state index contributed by atoms with van der Waals surface area (Å²) in [5.74, 6) is -0.140. The van der Waals surface area contributed by atoms with Crippen molar-refractivity contribution < 1.29 is 10.2 Å². The third kappa shape index (κ3) is 2.49. The van der Waals surface area contributed by atoms with Gasteiger partial charge in [-0.1, -0.05) is 18.2 Å². The Morgan fingerprint density at radius 3 is 2.62 bits per heavy atom. The van der Waals surface area contributed by atoms with Gasteiger partial charge in [-0.25, -0.2) is 0 Å². The lowest BCUT2D eigenvalue weighted by molar-refractivity contribution is 0.450. The summed E-state index contributed by atoms with van der Waals surface area (Å²) in [5.41, 5.74) is 0.829. The Morgan fingerprint density at radius 2 is 1.81 bits per heavy atom. The van der Waals surface area contributed by atoms with Crippen molar-refractivity contribution in [1.29, 1.82) is 0 Å². The number of phenolic OH excluding ortho intramolecular Hbond substituents is 2. The summed E-state index contributed by atoms with van der Waals surface area (Å²) in [6.07, 6.45) is 1.38. The highest BCUT2D eigenvalue weighted by Crippen LogP contribution is 2.21. The Labute approximate surface area is 120 Å². The van der Waals surface area contributed by atoms with Gasteiger partial charge in [0, 0.05) is 23.1 Å². The minimum absolute atomic E-state index is 0.0352. The van der Waals surface area contributed by atoms with Crippen molar-refractivity contribution in [2.75, 3.05) is 0 Å². The molecule has 21 heavy (non-hydrogen) atoms. The van der Waals surface area contributed by atoms with Crippen LogP contribution in [0.4, 0.5) is 0 Å². The maximum atomic E-state index is 11.9. The van der Waals surface area contributed by atoms with Gasteiger partial charge in [0.1, 0.15) is 11.5 Å². The van der Waals surface area contributed by atoms with Crippen LogP contribution in [0.25, 0.3) is 10.9 Å². The maximum absolute atomic E-state index is 11.9. The molecule has 0 aliphatic carbocycles. The molecule has 0 saturated carbocycles. The van der Waals surface area contributed by atoms with Crippen molar-refractivity contribution in [2.45, 2.75) is 0 Å². The SMILES string of the molecule is O=c1ccc2ccccc2n1N=Cc1ccc(O)cc1O. The van der Waals surface area contributed by atoms with Gasteiger partial charge in [0.15, 0.2) is 0 Å². The molecule has 0 atom stereocenters. The van der Waals surface area contributed by atoms with Crippen LogP contribution in [-0.2, 0) is 0 Å². The number of aromatic hydroxyl groups is 2. The predicted octanol–water partition coefficient (Wildman–Crippen LogP) is 2.29. The minimum Gasteiger partial charge on any atom is -0.508 e. The Balaban J connectivity index is 2.11. The van der Waals surface area contributed by atoms with E-state index in [2.05, 4.69) is 5.10 Å². The van der Waals surface area contributed by atoms with E-state index in [-0.39, 0.29) is 17.1 Å². The molecule has 0 aliphatic heterocycles. The van der Waals surface area contributed by atoms with E-state index in [9.17, 15) is 15.0 Å². The van der Waals surface area contributed by atoms with E-state index in [1.54, 1.807) is 12.1 Å². The van der Waals surface area contributed by atoms with Crippen LogP contribution in [0.15, 0.2) is 64.5 Å². The summed E-state index contributed by atoms with van der Waals surface area (Å²) in [6, 6.07) is 14.7. The number of para-hydroxylation sites is 1. The predicted molar refractivity (Wildman–Crippen MR) is 81.0 cm³/mol. The topological polar surface area (TPSA) is 74.8 Å². The van der Waals surface area contributed by atoms with Crippen LogP contribution in [0.2, 0.25) is 0 Å². The van der Waals surface area contributed by atoms with Gasteiger partial charge >= 0.3 is 0 Å². The minimum atomic E-state index is -0.261. The molecule has 2 N–H and O–H groups in total. The molecule has 0 saturated heterocycles. The van der Waals surface area contributed by atoms with Crippen molar-refractivity contribution in [3.05, 3.63) is 70.5 Å². The lowest BCUT2D eigenvalue weighted by Gasteiger charge is -2.04.